The van der Waals surface area contributed by atoms with Gasteiger partial charge in [0, 0.05) is 18.7 Å². The minimum atomic E-state index is 0.0733. The molecule has 0 aliphatic rings. The summed E-state index contributed by atoms with van der Waals surface area (Å²) in [6.45, 7) is 11.2. The van der Waals surface area contributed by atoms with E-state index in [0.29, 0.717) is 24.0 Å². The Balaban J connectivity index is 1.95. The van der Waals surface area contributed by atoms with E-state index in [1.807, 2.05) is 26.0 Å². The molecule has 0 radical (unpaired) electrons. The second-order valence-corrected chi connectivity index (χ2v) is 6.61. The highest BCUT2D eigenvalue weighted by atomic mass is 32.2. The van der Waals surface area contributed by atoms with Crippen molar-refractivity contribution in [3.63, 3.8) is 0 Å². The Morgan fingerprint density at radius 1 is 1.29 bits per heavy atom. The number of H-pyrrole nitrogens is 1. The lowest BCUT2D eigenvalue weighted by atomic mass is 10.1. The maximum Gasteiger partial charge on any atom is 0.233 e. The fraction of sp³-hybridized carbons (Fsp3) is 0.389. The highest BCUT2D eigenvalue weighted by Gasteiger charge is 2.14. The van der Waals surface area contributed by atoms with Crippen molar-refractivity contribution < 1.29 is 4.79 Å². The lowest BCUT2D eigenvalue weighted by Crippen LogP contribution is -2.33. The van der Waals surface area contributed by atoms with Crippen LogP contribution in [0.25, 0.3) is 11.4 Å². The smallest absolute Gasteiger partial charge is 0.233 e. The van der Waals surface area contributed by atoms with E-state index >= 15 is 0 Å². The quantitative estimate of drug-likeness (QED) is 0.587. The zero-order valence-corrected chi connectivity index (χ0v) is 15.3. The molecule has 0 fully saturated rings. The van der Waals surface area contributed by atoms with Crippen molar-refractivity contribution in [2.24, 2.45) is 0 Å². The summed E-state index contributed by atoms with van der Waals surface area (Å²) in [6, 6.07) is 8.24. The van der Waals surface area contributed by atoms with E-state index in [2.05, 4.69) is 40.8 Å². The molecule has 1 aromatic carbocycles. The first kappa shape index (κ1) is 18.3. The number of thioether (sulfide) groups is 1. The SMILES string of the molecule is C=C(C)CN(CC)C(=O)CSc1n[nH]c(-c2ccc(CC)cc2)n1. The summed E-state index contributed by atoms with van der Waals surface area (Å²) < 4.78 is 0. The molecule has 2 aromatic rings. The van der Waals surface area contributed by atoms with Gasteiger partial charge in [0.1, 0.15) is 0 Å². The number of nitrogens with one attached hydrogen (secondary N) is 1. The number of aryl methyl sites for hydroxylation is 1. The molecule has 1 N–H and O–H groups in total. The third kappa shape index (κ3) is 4.96. The van der Waals surface area contributed by atoms with Gasteiger partial charge in [-0.05, 0) is 25.8 Å². The van der Waals surface area contributed by atoms with Crippen molar-refractivity contribution in [2.75, 3.05) is 18.8 Å². The van der Waals surface area contributed by atoms with Gasteiger partial charge in [0.25, 0.3) is 0 Å². The topological polar surface area (TPSA) is 61.9 Å². The summed E-state index contributed by atoms with van der Waals surface area (Å²) >= 11 is 1.35. The van der Waals surface area contributed by atoms with Crippen LogP contribution in [0.1, 0.15) is 26.3 Å². The van der Waals surface area contributed by atoms with Gasteiger partial charge in [0.05, 0.1) is 5.75 Å². The van der Waals surface area contributed by atoms with Gasteiger partial charge in [-0.3, -0.25) is 9.89 Å². The number of hydrogen-bond donors (Lipinski definition) is 1. The number of likely N-dealkylation sites (N-methyl/N-ethyl adjacent to an activating group) is 1. The Morgan fingerprint density at radius 2 is 2.00 bits per heavy atom. The molecule has 24 heavy (non-hydrogen) atoms. The zero-order valence-electron chi connectivity index (χ0n) is 14.5. The van der Waals surface area contributed by atoms with Gasteiger partial charge in [-0.15, -0.1) is 5.10 Å². The van der Waals surface area contributed by atoms with E-state index in [-0.39, 0.29) is 5.91 Å². The number of aromatic amines is 1. The van der Waals surface area contributed by atoms with E-state index in [4.69, 9.17) is 0 Å². The first-order chi connectivity index (χ1) is 11.5. The number of carbonyl (C=O) groups excluding carboxylic acids is 1. The number of carbonyl (C=O) groups is 1. The molecule has 0 aliphatic heterocycles. The number of benzene rings is 1. The molecule has 2 rings (SSSR count). The lowest BCUT2D eigenvalue weighted by Gasteiger charge is -2.20. The Kier molecular flexibility index (Phi) is 6.61. The van der Waals surface area contributed by atoms with Crippen LogP contribution in [0.3, 0.4) is 0 Å². The highest BCUT2D eigenvalue weighted by Crippen LogP contribution is 2.20. The van der Waals surface area contributed by atoms with Gasteiger partial charge >= 0.3 is 0 Å². The van der Waals surface area contributed by atoms with Gasteiger partial charge < -0.3 is 4.90 Å². The first-order valence-electron chi connectivity index (χ1n) is 8.10. The molecule has 0 atom stereocenters. The highest BCUT2D eigenvalue weighted by molar-refractivity contribution is 7.99. The van der Waals surface area contributed by atoms with Crippen LogP contribution in [0.2, 0.25) is 0 Å². The molecule has 0 saturated heterocycles. The van der Waals surface area contributed by atoms with Crippen LogP contribution in [-0.4, -0.2) is 44.8 Å². The molecular formula is C18H24N4OS. The predicted molar refractivity (Wildman–Crippen MR) is 99.0 cm³/mol. The molecule has 0 saturated carbocycles. The van der Waals surface area contributed by atoms with Crippen LogP contribution in [0.15, 0.2) is 41.6 Å². The van der Waals surface area contributed by atoms with E-state index < -0.39 is 0 Å². The second kappa shape index (κ2) is 8.68. The predicted octanol–water partition coefficient (Wildman–Crippen LogP) is 3.55. The number of hydrogen-bond acceptors (Lipinski definition) is 4. The Hall–Kier alpha value is -2.08. The molecule has 6 heteroatoms. The van der Waals surface area contributed by atoms with E-state index in [1.165, 1.54) is 17.3 Å². The average Bonchev–Trinajstić information content (AvgIpc) is 3.06. The largest absolute Gasteiger partial charge is 0.338 e. The monoisotopic (exact) mass is 344 g/mol. The maximum atomic E-state index is 12.2. The van der Waals surface area contributed by atoms with Gasteiger partial charge in [-0.25, -0.2) is 4.98 Å². The Morgan fingerprint density at radius 3 is 2.58 bits per heavy atom. The third-order valence-corrected chi connectivity index (χ3v) is 4.45. The molecule has 0 spiro atoms. The molecular weight excluding hydrogens is 320 g/mol. The van der Waals surface area contributed by atoms with Crippen molar-refractivity contribution in [2.45, 2.75) is 32.3 Å². The second-order valence-electron chi connectivity index (χ2n) is 5.67. The van der Waals surface area contributed by atoms with Crippen molar-refractivity contribution in [3.8, 4) is 11.4 Å². The standard InChI is InChI=1S/C18H24N4OS/c1-5-14-7-9-15(10-8-14)17-19-18(21-20-17)24-12-16(23)22(6-2)11-13(3)4/h7-10H,3,5-6,11-12H2,1-2,4H3,(H,19,20,21). The zero-order chi connectivity index (χ0) is 17.5. The number of aromatic nitrogens is 3. The van der Waals surface area contributed by atoms with Crippen LogP contribution in [0.4, 0.5) is 0 Å². The number of rotatable bonds is 8. The minimum absolute atomic E-state index is 0.0733. The molecule has 0 unspecified atom stereocenters. The van der Waals surface area contributed by atoms with Crippen molar-refractivity contribution in [1.29, 1.82) is 0 Å². The fourth-order valence-corrected chi connectivity index (χ4v) is 2.96. The summed E-state index contributed by atoms with van der Waals surface area (Å²) in [4.78, 5) is 18.5. The maximum absolute atomic E-state index is 12.2. The fourth-order valence-electron chi connectivity index (χ4n) is 2.26. The van der Waals surface area contributed by atoms with Crippen LogP contribution >= 0.6 is 11.8 Å². The van der Waals surface area contributed by atoms with E-state index in [0.717, 1.165) is 23.4 Å². The number of nitrogens with zero attached hydrogens (tertiary/aromatic N) is 3. The average molecular weight is 344 g/mol. The molecule has 0 bridgehead atoms. The van der Waals surface area contributed by atoms with Gasteiger partial charge in [0.15, 0.2) is 5.82 Å². The van der Waals surface area contributed by atoms with E-state index in [1.54, 1.807) is 4.90 Å². The normalized spacial score (nSPS) is 10.6. The van der Waals surface area contributed by atoms with Gasteiger partial charge in [-0.2, -0.15) is 0 Å². The van der Waals surface area contributed by atoms with Crippen molar-refractivity contribution in [3.05, 3.63) is 42.0 Å². The molecule has 0 aliphatic carbocycles. The minimum Gasteiger partial charge on any atom is -0.338 e. The third-order valence-electron chi connectivity index (χ3n) is 3.62. The van der Waals surface area contributed by atoms with Crippen molar-refractivity contribution >= 4 is 17.7 Å². The first-order valence-corrected chi connectivity index (χ1v) is 9.08. The summed E-state index contributed by atoms with van der Waals surface area (Å²) in [5.41, 5.74) is 3.26. The lowest BCUT2D eigenvalue weighted by molar-refractivity contribution is -0.127. The van der Waals surface area contributed by atoms with Crippen LogP contribution in [0.5, 0.6) is 0 Å². The van der Waals surface area contributed by atoms with Gasteiger partial charge in [0.2, 0.25) is 11.1 Å². The molecule has 128 valence electrons. The van der Waals surface area contributed by atoms with Crippen LogP contribution in [0, 0.1) is 0 Å². The van der Waals surface area contributed by atoms with Crippen LogP contribution in [-0.2, 0) is 11.2 Å². The summed E-state index contributed by atoms with van der Waals surface area (Å²) in [7, 11) is 0. The van der Waals surface area contributed by atoms with Crippen molar-refractivity contribution in [1.82, 2.24) is 20.1 Å². The summed E-state index contributed by atoms with van der Waals surface area (Å²) in [6.07, 6.45) is 1.01. The Labute approximate surface area is 147 Å². The van der Waals surface area contributed by atoms with Crippen LogP contribution < -0.4 is 0 Å². The number of amides is 1. The summed E-state index contributed by atoms with van der Waals surface area (Å²) in [5.74, 6) is 1.12. The molecule has 5 nitrogen and oxygen atoms in total. The van der Waals surface area contributed by atoms with E-state index in [9.17, 15) is 4.79 Å². The molecule has 1 heterocycles. The molecule has 1 amide bonds. The Bertz CT molecular complexity index is 693. The summed E-state index contributed by atoms with van der Waals surface area (Å²) in [5, 5.41) is 7.72. The van der Waals surface area contributed by atoms with Gasteiger partial charge in [-0.1, -0.05) is 55.1 Å². The molecule has 1 aromatic heterocycles.